The van der Waals surface area contributed by atoms with Gasteiger partial charge in [-0.25, -0.2) is 0 Å². The summed E-state index contributed by atoms with van der Waals surface area (Å²) in [5.41, 5.74) is 3.67. The van der Waals surface area contributed by atoms with Crippen molar-refractivity contribution in [2.24, 2.45) is 34.5 Å². The average molecular weight is 395 g/mol. The highest BCUT2D eigenvalue weighted by molar-refractivity contribution is 6.06. The van der Waals surface area contributed by atoms with Crippen molar-refractivity contribution in [2.75, 3.05) is 0 Å². The minimum absolute atomic E-state index is 0.125. The summed E-state index contributed by atoms with van der Waals surface area (Å²) in [6.45, 7) is 9.97. The molecule has 4 saturated carbocycles. The molecular formula is C26H38N2O. The molecule has 6 unspecified atom stereocenters. The summed E-state index contributed by atoms with van der Waals surface area (Å²) in [6.07, 6.45) is 16.2. The molecule has 158 valence electrons. The number of allylic oxidation sites excluding steroid dienone is 1. The highest BCUT2D eigenvalue weighted by Gasteiger charge is 2.60. The fraction of sp³-hybridized carbons (Fsp3) is 0.769. The van der Waals surface area contributed by atoms with Crippen LogP contribution in [-0.2, 0) is 11.3 Å². The lowest BCUT2D eigenvalue weighted by Crippen LogP contribution is -2.52. The topological polar surface area (TPSA) is 34.9 Å². The van der Waals surface area contributed by atoms with Crippen LogP contribution >= 0.6 is 0 Å². The standard InChI is InChI=1S/C26H38N2O/c1-5-28-16-19(17(2)27-28)14-18-15-23-21-10-9-20-8-6-7-12-25(20,3)22(21)11-13-26(23,4)24(18)29/h14,16,20-23H,5-13,15H2,1-4H3/b18-14-. The van der Waals surface area contributed by atoms with E-state index in [0.29, 0.717) is 17.1 Å². The molecule has 0 N–H and O–H groups in total. The molecule has 0 bridgehead atoms. The summed E-state index contributed by atoms with van der Waals surface area (Å²) in [7, 11) is 0. The largest absolute Gasteiger partial charge is 0.294 e. The Morgan fingerprint density at radius 1 is 1.14 bits per heavy atom. The number of aryl methyl sites for hydroxylation is 2. The summed E-state index contributed by atoms with van der Waals surface area (Å²) < 4.78 is 1.98. The first-order chi connectivity index (χ1) is 13.9. The van der Waals surface area contributed by atoms with Gasteiger partial charge in [0.05, 0.1) is 5.69 Å². The number of aromatic nitrogens is 2. The van der Waals surface area contributed by atoms with Crippen molar-refractivity contribution in [1.29, 1.82) is 0 Å². The lowest BCUT2D eigenvalue weighted by molar-refractivity contribution is -0.137. The predicted octanol–water partition coefficient (Wildman–Crippen LogP) is 6.21. The molecule has 1 heterocycles. The molecule has 5 rings (SSSR count). The van der Waals surface area contributed by atoms with Gasteiger partial charge in [-0.3, -0.25) is 9.48 Å². The summed E-state index contributed by atoms with van der Waals surface area (Å²) in [5.74, 6) is 3.54. The average Bonchev–Trinajstić information content (AvgIpc) is 3.19. The van der Waals surface area contributed by atoms with E-state index in [2.05, 4.69) is 45.1 Å². The third kappa shape index (κ3) is 2.82. The van der Waals surface area contributed by atoms with Crippen LogP contribution in [0.1, 0.15) is 89.8 Å². The fourth-order valence-electron chi connectivity index (χ4n) is 8.12. The van der Waals surface area contributed by atoms with E-state index in [9.17, 15) is 4.79 Å². The summed E-state index contributed by atoms with van der Waals surface area (Å²) in [4.78, 5) is 13.6. The second-order valence-corrected chi connectivity index (χ2v) is 11.1. The quantitative estimate of drug-likeness (QED) is 0.559. The van der Waals surface area contributed by atoms with Gasteiger partial charge < -0.3 is 0 Å². The molecule has 3 heteroatoms. The number of rotatable bonds is 2. The summed E-state index contributed by atoms with van der Waals surface area (Å²) >= 11 is 0. The minimum atomic E-state index is -0.125. The SMILES string of the molecule is CCn1cc(/C=C2/CC3C4CCC5CCCCC5(C)C4CCC3(C)C2=O)c(C)n1. The molecule has 0 radical (unpaired) electrons. The molecule has 3 nitrogen and oxygen atoms in total. The van der Waals surface area contributed by atoms with Gasteiger partial charge in [-0.1, -0.05) is 26.7 Å². The Morgan fingerprint density at radius 2 is 1.97 bits per heavy atom. The molecule has 1 aromatic heterocycles. The lowest BCUT2D eigenvalue weighted by atomic mass is 9.45. The van der Waals surface area contributed by atoms with E-state index in [4.69, 9.17) is 0 Å². The van der Waals surface area contributed by atoms with E-state index >= 15 is 0 Å². The molecule has 29 heavy (non-hydrogen) atoms. The molecule has 0 spiro atoms. The van der Waals surface area contributed by atoms with Crippen LogP contribution in [0.2, 0.25) is 0 Å². The molecule has 1 aromatic rings. The van der Waals surface area contributed by atoms with Gasteiger partial charge in [0.15, 0.2) is 5.78 Å². The van der Waals surface area contributed by atoms with E-state index in [-0.39, 0.29) is 5.41 Å². The first kappa shape index (κ1) is 19.6. The lowest BCUT2D eigenvalue weighted by Gasteiger charge is -2.59. The monoisotopic (exact) mass is 394 g/mol. The maximum absolute atomic E-state index is 13.6. The number of hydrogen-bond acceptors (Lipinski definition) is 2. The number of nitrogens with zero attached hydrogens (tertiary/aromatic N) is 2. The van der Waals surface area contributed by atoms with E-state index in [1.54, 1.807) is 0 Å². The Morgan fingerprint density at radius 3 is 2.72 bits per heavy atom. The van der Waals surface area contributed by atoms with Crippen LogP contribution in [0, 0.1) is 41.4 Å². The zero-order valence-electron chi connectivity index (χ0n) is 18.8. The molecule has 0 saturated heterocycles. The third-order valence-electron chi connectivity index (χ3n) is 9.86. The van der Waals surface area contributed by atoms with Gasteiger partial charge in [-0.05, 0) is 99.5 Å². The number of fused-ring (bicyclic) bond motifs is 5. The Balaban J connectivity index is 1.46. The van der Waals surface area contributed by atoms with Crippen molar-refractivity contribution in [3.63, 3.8) is 0 Å². The molecule has 4 aliphatic carbocycles. The van der Waals surface area contributed by atoms with Crippen molar-refractivity contribution >= 4 is 11.9 Å². The first-order valence-electron chi connectivity index (χ1n) is 12.2. The number of Topliss-reactive ketones (excluding diaryl/α,β-unsaturated/α-hetero) is 1. The molecule has 0 aromatic carbocycles. The van der Waals surface area contributed by atoms with Crippen LogP contribution in [0.5, 0.6) is 0 Å². The van der Waals surface area contributed by atoms with Crippen LogP contribution < -0.4 is 0 Å². The molecule has 0 amide bonds. The summed E-state index contributed by atoms with van der Waals surface area (Å²) in [5, 5.41) is 4.58. The van der Waals surface area contributed by atoms with E-state index in [0.717, 1.165) is 54.0 Å². The van der Waals surface area contributed by atoms with Crippen LogP contribution in [0.15, 0.2) is 11.8 Å². The molecular weight excluding hydrogens is 356 g/mol. The Labute approximate surface area is 176 Å². The fourth-order valence-corrected chi connectivity index (χ4v) is 8.12. The molecule has 6 atom stereocenters. The van der Waals surface area contributed by atoms with Crippen molar-refractivity contribution in [1.82, 2.24) is 9.78 Å². The number of carbonyl (C=O) groups is 1. The Kier molecular flexibility index (Phi) is 4.60. The normalized spacial score (nSPS) is 43.2. The van der Waals surface area contributed by atoms with Crippen LogP contribution in [0.4, 0.5) is 0 Å². The van der Waals surface area contributed by atoms with Crippen LogP contribution in [0.25, 0.3) is 6.08 Å². The Bertz CT molecular complexity index is 851. The van der Waals surface area contributed by atoms with Gasteiger partial charge in [-0.15, -0.1) is 0 Å². The van der Waals surface area contributed by atoms with Crippen molar-refractivity contribution < 1.29 is 4.79 Å². The number of carbonyl (C=O) groups excluding carboxylic acids is 1. The van der Waals surface area contributed by atoms with Gasteiger partial charge in [0.2, 0.25) is 0 Å². The van der Waals surface area contributed by atoms with Gasteiger partial charge in [0.1, 0.15) is 0 Å². The maximum Gasteiger partial charge on any atom is 0.165 e. The second kappa shape index (κ2) is 6.82. The number of ketones is 1. The van der Waals surface area contributed by atoms with Crippen LogP contribution in [-0.4, -0.2) is 15.6 Å². The smallest absolute Gasteiger partial charge is 0.165 e. The van der Waals surface area contributed by atoms with Gasteiger partial charge >= 0.3 is 0 Å². The van der Waals surface area contributed by atoms with E-state index in [1.165, 1.54) is 44.9 Å². The van der Waals surface area contributed by atoms with E-state index in [1.807, 2.05) is 4.68 Å². The Hall–Kier alpha value is -1.38. The summed E-state index contributed by atoms with van der Waals surface area (Å²) in [6, 6.07) is 0. The van der Waals surface area contributed by atoms with Gasteiger partial charge in [0.25, 0.3) is 0 Å². The second-order valence-electron chi connectivity index (χ2n) is 11.1. The van der Waals surface area contributed by atoms with Crippen molar-refractivity contribution in [3.8, 4) is 0 Å². The van der Waals surface area contributed by atoms with Crippen LogP contribution in [0.3, 0.4) is 0 Å². The zero-order chi connectivity index (χ0) is 20.4. The van der Waals surface area contributed by atoms with Gasteiger partial charge in [-0.2, -0.15) is 5.10 Å². The molecule has 0 aliphatic heterocycles. The highest BCUT2D eigenvalue weighted by Crippen LogP contribution is 2.66. The highest BCUT2D eigenvalue weighted by atomic mass is 16.1. The van der Waals surface area contributed by atoms with Crippen molar-refractivity contribution in [2.45, 2.75) is 92.0 Å². The van der Waals surface area contributed by atoms with Gasteiger partial charge in [0, 0.05) is 23.7 Å². The minimum Gasteiger partial charge on any atom is -0.294 e. The zero-order valence-corrected chi connectivity index (χ0v) is 18.8. The predicted molar refractivity (Wildman–Crippen MR) is 117 cm³/mol. The maximum atomic E-state index is 13.6. The molecule has 4 aliphatic rings. The first-order valence-corrected chi connectivity index (χ1v) is 12.2. The molecule has 4 fully saturated rings. The van der Waals surface area contributed by atoms with E-state index < -0.39 is 0 Å². The number of hydrogen-bond donors (Lipinski definition) is 0. The third-order valence-corrected chi connectivity index (χ3v) is 9.86. The van der Waals surface area contributed by atoms with Crippen molar-refractivity contribution in [3.05, 3.63) is 23.0 Å².